The SMILES string of the molecule is CC(C)(O)c1cc2nn(C3CCN(CCC4CC5(CCN(C(=O)c6ccc(Cl)c(N7CCC(=O)NC7=O)c6)CC5)C4)CC3)cc2cc1NC(=O)c1cccc(C(F)(F)F)n1. The lowest BCUT2D eigenvalue weighted by atomic mass is 9.57. The molecule has 2 aromatic heterocycles. The Morgan fingerprint density at radius 1 is 1.00 bits per heavy atom. The highest BCUT2D eigenvalue weighted by Gasteiger charge is 2.46. The normalized spacial score (nSPS) is 19.4. The van der Waals surface area contributed by atoms with Crippen molar-refractivity contribution in [2.75, 3.05) is 49.5 Å². The highest BCUT2D eigenvalue weighted by atomic mass is 35.5. The van der Waals surface area contributed by atoms with Gasteiger partial charge in [0.2, 0.25) is 5.91 Å². The molecule has 0 atom stereocenters. The summed E-state index contributed by atoms with van der Waals surface area (Å²) in [6.07, 6.45) is 4.62. The maximum Gasteiger partial charge on any atom is 0.433 e. The number of hydrogen-bond acceptors (Lipinski definition) is 8. The van der Waals surface area contributed by atoms with E-state index in [1.165, 1.54) is 23.8 Å². The summed E-state index contributed by atoms with van der Waals surface area (Å²) in [5.74, 6) is -0.579. The van der Waals surface area contributed by atoms with Crippen molar-refractivity contribution in [3.8, 4) is 0 Å². The first-order valence-corrected chi connectivity index (χ1v) is 20.9. The molecule has 5 amide bonds. The summed E-state index contributed by atoms with van der Waals surface area (Å²) in [7, 11) is 0. The molecule has 5 heterocycles. The molecule has 1 spiro atoms. The third-order valence-corrected chi connectivity index (χ3v) is 13.0. The van der Waals surface area contributed by atoms with E-state index in [0.29, 0.717) is 46.4 Å². The zero-order valence-corrected chi connectivity index (χ0v) is 34.3. The number of anilines is 2. The number of rotatable bonds is 9. The van der Waals surface area contributed by atoms with Crippen LogP contribution < -0.4 is 15.5 Å². The predicted octanol–water partition coefficient (Wildman–Crippen LogP) is 7.39. The van der Waals surface area contributed by atoms with Gasteiger partial charge >= 0.3 is 12.2 Å². The number of nitrogens with zero attached hydrogens (tertiary/aromatic N) is 6. The van der Waals surface area contributed by atoms with Gasteiger partial charge in [-0.05, 0) is 119 Å². The molecule has 4 aromatic rings. The Labute approximate surface area is 350 Å². The third-order valence-electron chi connectivity index (χ3n) is 12.7. The number of imide groups is 1. The molecule has 2 aromatic carbocycles. The molecule has 60 heavy (non-hydrogen) atoms. The number of likely N-dealkylation sites (tertiary alicyclic amines) is 2. The fraction of sp³-hybridized carbons (Fsp3) is 0.488. The Hall–Kier alpha value is -5.06. The van der Waals surface area contributed by atoms with Crippen molar-refractivity contribution in [2.45, 2.75) is 83.0 Å². The number of carbonyl (C=O) groups excluding carboxylic acids is 4. The van der Waals surface area contributed by atoms with E-state index < -0.39 is 29.4 Å². The molecular formula is C43H48ClF3N8O5. The minimum atomic E-state index is -4.70. The molecule has 3 aliphatic heterocycles. The van der Waals surface area contributed by atoms with Gasteiger partial charge in [-0.2, -0.15) is 18.3 Å². The van der Waals surface area contributed by atoms with E-state index in [4.69, 9.17) is 16.7 Å². The lowest BCUT2D eigenvalue weighted by Crippen LogP contribution is -2.50. The van der Waals surface area contributed by atoms with Crippen molar-refractivity contribution < 1.29 is 37.5 Å². The quantitative estimate of drug-likeness (QED) is 0.158. The van der Waals surface area contributed by atoms with E-state index in [9.17, 15) is 37.5 Å². The number of amides is 5. The smallest absolute Gasteiger partial charge is 0.386 e. The van der Waals surface area contributed by atoms with Gasteiger partial charge in [-0.15, -0.1) is 0 Å². The Balaban J connectivity index is 0.810. The highest BCUT2D eigenvalue weighted by molar-refractivity contribution is 6.34. The zero-order chi connectivity index (χ0) is 42.6. The molecule has 4 aliphatic rings. The number of halogens is 4. The number of aromatic nitrogens is 3. The average Bonchev–Trinajstić information content (AvgIpc) is 3.62. The minimum absolute atomic E-state index is 0.0823. The van der Waals surface area contributed by atoms with Gasteiger partial charge in [-0.1, -0.05) is 17.7 Å². The van der Waals surface area contributed by atoms with Crippen LogP contribution in [0.3, 0.4) is 0 Å². The van der Waals surface area contributed by atoms with E-state index in [2.05, 4.69) is 20.5 Å². The van der Waals surface area contributed by atoms with Gasteiger partial charge in [-0.3, -0.25) is 29.3 Å². The van der Waals surface area contributed by atoms with Crippen LogP contribution in [0.5, 0.6) is 0 Å². The van der Waals surface area contributed by atoms with Gasteiger partial charge in [-0.25, -0.2) is 9.78 Å². The van der Waals surface area contributed by atoms with Gasteiger partial charge in [0.15, 0.2) is 0 Å². The third kappa shape index (κ3) is 8.73. The summed E-state index contributed by atoms with van der Waals surface area (Å²) in [5.41, 5.74) is -0.477. The lowest BCUT2D eigenvalue weighted by molar-refractivity contribution is -0.141. The first-order valence-electron chi connectivity index (χ1n) is 20.5. The Morgan fingerprint density at radius 3 is 2.42 bits per heavy atom. The van der Waals surface area contributed by atoms with Crippen molar-refractivity contribution in [1.29, 1.82) is 0 Å². The monoisotopic (exact) mass is 848 g/mol. The maximum absolute atomic E-state index is 13.5. The van der Waals surface area contributed by atoms with Crippen molar-refractivity contribution in [3.63, 3.8) is 0 Å². The highest BCUT2D eigenvalue weighted by Crippen LogP contribution is 2.54. The summed E-state index contributed by atoms with van der Waals surface area (Å²) in [6, 6.07) is 11.1. The molecule has 3 N–H and O–H groups in total. The van der Waals surface area contributed by atoms with Gasteiger partial charge in [0.25, 0.3) is 11.8 Å². The minimum Gasteiger partial charge on any atom is -0.386 e. The topological polar surface area (TPSA) is 153 Å². The number of fused-ring (bicyclic) bond motifs is 1. The van der Waals surface area contributed by atoms with E-state index in [1.807, 2.05) is 15.8 Å². The van der Waals surface area contributed by atoms with Crippen LogP contribution in [0, 0.1) is 11.3 Å². The predicted molar refractivity (Wildman–Crippen MR) is 219 cm³/mol. The molecule has 1 aliphatic carbocycles. The van der Waals surface area contributed by atoms with Crippen molar-refractivity contribution in [1.82, 2.24) is 29.9 Å². The summed E-state index contributed by atoms with van der Waals surface area (Å²) in [6.45, 7) is 7.61. The number of urea groups is 1. The van der Waals surface area contributed by atoms with E-state index in [0.717, 1.165) is 69.3 Å². The number of benzene rings is 2. The molecule has 318 valence electrons. The fourth-order valence-electron chi connectivity index (χ4n) is 9.36. The van der Waals surface area contributed by atoms with Gasteiger partial charge in [0.05, 0.1) is 27.9 Å². The van der Waals surface area contributed by atoms with Crippen molar-refractivity contribution in [2.24, 2.45) is 11.3 Å². The molecular weight excluding hydrogens is 801 g/mol. The summed E-state index contributed by atoms with van der Waals surface area (Å²) >= 11 is 6.40. The van der Waals surface area contributed by atoms with Crippen LogP contribution in [0.4, 0.5) is 29.3 Å². The molecule has 0 radical (unpaired) electrons. The fourth-order valence-corrected chi connectivity index (χ4v) is 9.58. The zero-order valence-electron chi connectivity index (χ0n) is 33.5. The Bertz CT molecular complexity index is 2320. The Kier molecular flexibility index (Phi) is 11.2. The lowest BCUT2D eigenvalue weighted by Gasteiger charge is -2.53. The molecule has 0 bridgehead atoms. The molecule has 4 fully saturated rings. The summed E-state index contributed by atoms with van der Waals surface area (Å²) in [4.78, 5) is 59.9. The standard InChI is InChI=1S/C43H48ClF3N8O5/c1-41(2,60)30-22-33-28(20-34(30)49-38(57)32-4-3-5-36(48-32)43(45,46)47)25-55(51-33)29-9-15-52(16-10-29)14-8-26-23-42(24-26)12-18-53(19-13-42)39(58)27-6-7-31(44)35(21-27)54-17-11-37(56)50-40(54)59/h3-7,20-22,25-26,29,60H,8-19,23-24H2,1-2H3,(H,49,57)(H,50,56,59). The van der Waals surface area contributed by atoms with Crippen LogP contribution in [0.1, 0.15) is 103 Å². The van der Waals surface area contributed by atoms with E-state index in [1.54, 1.807) is 44.2 Å². The number of pyridine rings is 1. The molecule has 3 saturated heterocycles. The van der Waals surface area contributed by atoms with Crippen molar-refractivity contribution in [3.05, 3.63) is 82.3 Å². The van der Waals surface area contributed by atoms with Crippen LogP contribution >= 0.6 is 11.6 Å². The van der Waals surface area contributed by atoms with E-state index in [-0.39, 0.29) is 47.6 Å². The number of piperidine rings is 2. The first kappa shape index (κ1) is 41.7. The number of aliphatic hydroxyl groups is 1. The summed E-state index contributed by atoms with van der Waals surface area (Å²) in [5, 5.41) is 21.9. The number of nitrogens with one attached hydrogen (secondary N) is 2. The molecule has 17 heteroatoms. The van der Waals surface area contributed by atoms with Crippen LogP contribution in [0.2, 0.25) is 5.02 Å². The number of hydrogen-bond donors (Lipinski definition) is 3. The number of alkyl halides is 3. The van der Waals surface area contributed by atoms with Crippen LogP contribution in [-0.4, -0.2) is 92.7 Å². The maximum atomic E-state index is 13.5. The Morgan fingerprint density at radius 2 is 1.73 bits per heavy atom. The van der Waals surface area contributed by atoms with Crippen molar-refractivity contribution >= 4 is 57.6 Å². The first-order chi connectivity index (χ1) is 28.4. The number of carbonyl (C=O) groups is 4. The second kappa shape index (κ2) is 16.1. The second-order valence-corrected chi connectivity index (χ2v) is 17.7. The molecule has 1 saturated carbocycles. The molecule has 8 rings (SSSR count). The largest absolute Gasteiger partial charge is 0.433 e. The summed E-state index contributed by atoms with van der Waals surface area (Å²) < 4.78 is 41.7. The van der Waals surface area contributed by atoms with Gasteiger partial charge in [0.1, 0.15) is 11.4 Å². The second-order valence-electron chi connectivity index (χ2n) is 17.3. The molecule has 13 nitrogen and oxygen atoms in total. The molecule has 0 unspecified atom stereocenters. The van der Waals surface area contributed by atoms with Gasteiger partial charge < -0.3 is 20.2 Å². The average molecular weight is 849 g/mol. The van der Waals surface area contributed by atoms with Crippen LogP contribution in [0.15, 0.2) is 54.7 Å². The van der Waals surface area contributed by atoms with Crippen LogP contribution in [-0.2, 0) is 16.6 Å². The van der Waals surface area contributed by atoms with E-state index >= 15 is 0 Å². The van der Waals surface area contributed by atoms with Crippen LogP contribution in [0.25, 0.3) is 10.9 Å². The van der Waals surface area contributed by atoms with Gasteiger partial charge in [0, 0.05) is 67.5 Å².